The van der Waals surface area contributed by atoms with Gasteiger partial charge >= 0.3 is 0 Å². The molecule has 0 aliphatic carbocycles. The highest BCUT2D eigenvalue weighted by Crippen LogP contribution is 2.31. The number of hydrogen-bond acceptors (Lipinski definition) is 4. The van der Waals surface area contributed by atoms with Gasteiger partial charge in [0, 0.05) is 28.8 Å². The van der Waals surface area contributed by atoms with E-state index in [0.717, 1.165) is 6.26 Å². The zero-order chi connectivity index (χ0) is 14.8. The number of sulfone groups is 1. The van der Waals surface area contributed by atoms with Gasteiger partial charge in [0.2, 0.25) is 0 Å². The Balaban J connectivity index is 3.13. The summed E-state index contributed by atoms with van der Waals surface area (Å²) in [5.41, 5.74) is 6.24. The Morgan fingerprint density at radius 1 is 1.37 bits per heavy atom. The van der Waals surface area contributed by atoms with Crippen LogP contribution in [0.4, 0.5) is 0 Å². The lowest BCUT2D eigenvalue weighted by molar-refractivity contribution is 0.144. The summed E-state index contributed by atoms with van der Waals surface area (Å²) >= 11 is 11.9. The van der Waals surface area contributed by atoms with E-state index in [4.69, 9.17) is 28.9 Å². The first-order chi connectivity index (χ1) is 8.68. The average Bonchev–Trinajstić information content (AvgIpc) is 2.30. The van der Waals surface area contributed by atoms with E-state index < -0.39 is 27.1 Å². The second-order valence-corrected chi connectivity index (χ2v) is 7.78. The van der Waals surface area contributed by atoms with Crippen LogP contribution in [0.15, 0.2) is 18.2 Å². The van der Waals surface area contributed by atoms with Crippen molar-refractivity contribution >= 4 is 33.0 Å². The largest absolute Gasteiger partial charge is 0.391 e. The third kappa shape index (κ3) is 4.07. The Hall–Kier alpha value is -0.330. The standard InChI is InChI=1S/C12H17Cl2NO3S/c1-7(19(2,17)18)12(16)10(6-15)9-4-3-8(13)5-11(9)14/h3-5,7,10,12,16H,6,15H2,1-2H3. The average molecular weight is 326 g/mol. The molecule has 0 saturated carbocycles. The van der Waals surface area contributed by atoms with Crippen molar-refractivity contribution < 1.29 is 13.5 Å². The topological polar surface area (TPSA) is 80.4 Å². The zero-order valence-electron chi connectivity index (χ0n) is 10.7. The Bertz CT molecular complexity index is 548. The van der Waals surface area contributed by atoms with Crippen molar-refractivity contribution in [1.29, 1.82) is 0 Å². The highest BCUT2D eigenvalue weighted by Gasteiger charge is 2.32. The fraction of sp³-hybridized carbons (Fsp3) is 0.500. The Morgan fingerprint density at radius 3 is 2.37 bits per heavy atom. The lowest BCUT2D eigenvalue weighted by Gasteiger charge is -2.26. The number of benzene rings is 1. The predicted octanol–water partition coefficient (Wildman–Crippen LogP) is 1.83. The van der Waals surface area contributed by atoms with Gasteiger partial charge in [-0.3, -0.25) is 0 Å². The van der Waals surface area contributed by atoms with Crippen LogP contribution in [0, 0.1) is 0 Å². The molecule has 19 heavy (non-hydrogen) atoms. The summed E-state index contributed by atoms with van der Waals surface area (Å²) in [5.74, 6) is -0.561. The zero-order valence-corrected chi connectivity index (χ0v) is 13.0. The van der Waals surface area contributed by atoms with E-state index >= 15 is 0 Å². The molecule has 108 valence electrons. The first-order valence-corrected chi connectivity index (χ1v) is 8.41. The number of halogens is 2. The van der Waals surface area contributed by atoms with E-state index in [2.05, 4.69) is 0 Å². The molecule has 0 saturated heterocycles. The fourth-order valence-electron chi connectivity index (χ4n) is 1.83. The summed E-state index contributed by atoms with van der Waals surface area (Å²) < 4.78 is 23.0. The summed E-state index contributed by atoms with van der Waals surface area (Å²) in [4.78, 5) is 0. The molecule has 3 N–H and O–H groups in total. The molecule has 0 heterocycles. The minimum absolute atomic E-state index is 0.0857. The van der Waals surface area contributed by atoms with E-state index in [1.54, 1.807) is 18.2 Å². The predicted molar refractivity (Wildman–Crippen MR) is 78.6 cm³/mol. The summed E-state index contributed by atoms with van der Waals surface area (Å²) in [7, 11) is -3.36. The van der Waals surface area contributed by atoms with Gasteiger partial charge in [-0.2, -0.15) is 0 Å². The van der Waals surface area contributed by atoms with Gasteiger partial charge in [0.25, 0.3) is 0 Å². The van der Waals surface area contributed by atoms with Crippen molar-refractivity contribution in [3.05, 3.63) is 33.8 Å². The molecule has 0 aliphatic rings. The molecule has 0 aromatic heterocycles. The van der Waals surface area contributed by atoms with Crippen molar-refractivity contribution in [1.82, 2.24) is 0 Å². The third-order valence-corrected chi connectivity index (χ3v) is 5.38. The number of aliphatic hydroxyl groups is 1. The van der Waals surface area contributed by atoms with Crippen molar-refractivity contribution in [2.75, 3.05) is 12.8 Å². The SMILES string of the molecule is CC(C(O)C(CN)c1ccc(Cl)cc1Cl)S(C)(=O)=O. The van der Waals surface area contributed by atoms with E-state index in [0.29, 0.717) is 15.6 Å². The van der Waals surface area contributed by atoms with Crippen LogP contribution >= 0.6 is 23.2 Å². The Kier molecular flexibility index (Phi) is 5.65. The smallest absolute Gasteiger partial charge is 0.152 e. The monoisotopic (exact) mass is 325 g/mol. The number of aliphatic hydroxyl groups excluding tert-OH is 1. The minimum atomic E-state index is -3.36. The molecule has 4 nitrogen and oxygen atoms in total. The van der Waals surface area contributed by atoms with Gasteiger partial charge in [0.1, 0.15) is 0 Å². The first-order valence-electron chi connectivity index (χ1n) is 5.70. The molecular weight excluding hydrogens is 309 g/mol. The van der Waals surface area contributed by atoms with Gasteiger partial charge in [-0.05, 0) is 24.6 Å². The van der Waals surface area contributed by atoms with Crippen LogP contribution in [0.3, 0.4) is 0 Å². The minimum Gasteiger partial charge on any atom is -0.391 e. The van der Waals surface area contributed by atoms with E-state index in [1.807, 2.05) is 0 Å². The highest BCUT2D eigenvalue weighted by molar-refractivity contribution is 7.91. The maximum Gasteiger partial charge on any atom is 0.152 e. The molecule has 0 amide bonds. The first kappa shape index (κ1) is 16.7. The van der Waals surface area contributed by atoms with Crippen molar-refractivity contribution in [3.8, 4) is 0 Å². The van der Waals surface area contributed by atoms with E-state index in [9.17, 15) is 13.5 Å². The molecule has 3 atom stereocenters. The molecule has 1 rings (SSSR count). The molecular formula is C12H17Cl2NO3S. The Morgan fingerprint density at radius 2 is 1.95 bits per heavy atom. The van der Waals surface area contributed by atoms with Crippen LogP contribution in [0.5, 0.6) is 0 Å². The summed E-state index contributed by atoms with van der Waals surface area (Å²) in [6.45, 7) is 1.54. The lowest BCUT2D eigenvalue weighted by Crippen LogP contribution is -2.38. The molecule has 1 aromatic carbocycles. The maximum atomic E-state index is 11.5. The number of hydrogen-bond donors (Lipinski definition) is 2. The van der Waals surface area contributed by atoms with Crippen molar-refractivity contribution in [2.45, 2.75) is 24.2 Å². The maximum absolute atomic E-state index is 11.5. The van der Waals surface area contributed by atoms with Crippen LogP contribution in [0.25, 0.3) is 0 Å². The molecule has 1 aromatic rings. The summed E-state index contributed by atoms with van der Waals surface area (Å²) in [5, 5.41) is 10.1. The highest BCUT2D eigenvalue weighted by atomic mass is 35.5. The van der Waals surface area contributed by atoms with Gasteiger partial charge in [-0.15, -0.1) is 0 Å². The van der Waals surface area contributed by atoms with Crippen LogP contribution in [-0.4, -0.2) is 37.7 Å². The number of nitrogens with two attached hydrogens (primary N) is 1. The fourth-order valence-corrected chi connectivity index (χ4v) is 3.08. The van der Waals surface area contributed by atoms with Crippen molar-refractivity contribution in [2.24, 2.45) is 5.73 Å². The Labute approximate surface area is 123 Å². The second-order valence-electron chi connectivity index (χ2n) is 4.53. The molecule has 0 aliphatic heterocycles. The third-order valence-electron chi connectivity index (χ3n) is 3.18. The molecule has 7 heteroatoms. The molecule has 3 unspecified atom stereocenters. The summed E-state index contributed by atoms with van der Waals surface area (Å²) in [6, 6.07) is 4.82. The van der Waals surface area contributed by atoms with Gasteiger partial charge < -0.3 is 10.8 Å². The van der Waals surface area contributed by atoms with E-state index in [-0.39, 0.29) is 6.54 Å². The van der Waals surface area contributed by atoms with Gasteiger partial charge in [0.15, 0.2) is 9.84 Å². The van der Waals surface area contributed by atoms with E-state index in [1.165, 1.54) is 6.92 Å². The van der Waals surface area contributed by atoms with Crippen LogP contribution in [0.2, 0.25) is 10.0 Å². The molecule has 0 spiro atoms. The molecule has 0 fully saturated rings. The van der Waals surface area contributed by atoms with Crippen LogP contribution in [0.1, 0.15) is 18.4 Å². The second kappa shape index (κ2) is 6.41. The number of rotatable bonds is 5. The van der Waals surface area contributed by atoms with Crippen LogP contribution < -0.4 is 5.73 Å². The summed E-state index contributed by atoms with van der Waals surface area (Å²) in [6.07, 6.45) is -0.0449. The van der Waals surface area contributed by atoms with Gasteiger partial charge in [0.05, 0.1) is 11.4 Å². The quantitative estimate of drug-likeness (QED) is 0.865. The van der Waals surface area contributed by atoms with Gasteiger partial charge in [-0.1, -0.05) is 29.3 Å². The van der Waals surface area contributed by atoms with Gasteiger partial charge in [-0.25, -0.2) is 8.42 Å². The normalized spacial score (nSPS) is 16.9. The van der Waals surface area contributed by atoms with Crippen LogP contribution in [-0.2, 0) is 9.84 Å². The molecule has 0 bridgehead atoms. The van der Waals surface area contributed by atoms with Crippen molar-refractivity contribution in [3.63, 3.8) is 0 Å². The lowest BCUT2D eigenvalue weighted by atomic mass is 9.92. The molecule has 0 radical (unpaired) electrons.